The number of hydrogen-bond acceptors (Lipinski definition) is 2. The van der Waals surface area contributed by atoms with E-state index in [1.807, 2.05) is 0 Å². The van der Waals surface area contributed by atoms with Gasteiger partial charge in [-0.2, -0.15) is 0 Å². The summed E-state index contributed by atoms with van der Waals surface area (Å²) in [7, 11) is 0. The lowest BCUT2D eigenvalue weighted by Gasteiger charge is -2.55. The van der Waals surface area contributed by atoms with E-state index >= 15 is 0 Å². The molecule has 0 saturated heterocycles. The lowest BCUT2D eigenvalue weighted by Crippen LogP contribution is -2.64. The summed E-state index contributed by atoms with van der Waals surface area (Å²) in [4.78, 5) is 0. The monoisotopic (exact) mass is 253 g/mol. The predicted molar refractivity (Wildman–Crippen MR) is 76.8 cm³/mol. The second kappa shape index (κ2) is 5.92. The fourth-order valence-electron chi connectivity index (χ4n) is 3.92. The summed E-state index contributed by atoms with van der Waals surface area (Å²) in [6.07, 6.45) is 8.63. The molecule has 2 aliphatic rings. The maximum Gasteiger partial charge on any atom is 0.0658 e. The molecule has 0 aromatic rings. The van der Waals surface area contributed by atoms with Gasteiger partial charge in [-0.15, -0.1) is 0 Å². The van der Waals surface area contributed by atoms with Gasteiger partial charge in [-0.3, -0.25) is 0 Å². The topological polar surface area (TPSA) is 21.3 Å². The largest absolute Gasteiger partial charge is 0.378 e. The Kier molecular flexibility index (Phi) is 4.71. The first-order valence-corrected chi connectivity index (χ1v) is 7.99. The van der Waals surface area contributed by atoms with Gasteiger partial charge in [0.2, 0.25) is 0 Å². The second-order valence-corrected chi connectivity index (χ2v) is 6.59. The van der Waals surface area contributed by atoms with E-state index in [4.69, 9.17) is 4.74 Å². The first kappa shape index (κ1) is 14.3. The molecule has 0 aromatic carbocycles. The highest BCUT2D eigenvalue weighted by atomic mass is 16.5. The molecular formula is C16H31NO. The Labute approximate surface area is 113 Å². The van der Waals surface area contributed by atoms with Crippen LogP contribution in [0.4, 0.5) is 0 Å². The van der Waals surface area contributed by atoms with Crippen molar-refractivity contribution in [1.82, 2.24) is 5.32 Å². The molecule has 1 N–H and O–H groups in total. The first-order chi connectivity index (χ1) is 8.61. The Bertz CT molecular complexity index is 262. The van der Waals surface area contributed by atoms with Gasteiger partial charge >= 0.3 is 0 Å². The van der Waals surface area contributed by atoms with Crippen molar-refractivity contribution in [2.24, 2.45) is 11.3 Å². The van der Waals surface area contributed by atoms with Crippen molar-refractivity contribution in [2.45, 2.75) is 84.4 Å². The van der Waals surface area contributed by atoms with Gasteiger partial charge in [0.15, 0.2) is 0 Å². The quantitative estimate of drug-likeness (QED) is 0.778. The Morgan fingerprint density at radius 2 is 1.94 bits per heavy atom. The normalized spacial score (nSPS) is 38.7. The van der Waals surface area contributed by atoms with Crippen molar-refractivity contribution < 1.29 is 4.74 Å². The Balaban J connectivity index is 1.86. The molecule has 106 valence electrons. The maximum atomic E-state index is 5.88. The number of ether oxygens (including phenoxy) is 1. The maximum absolute atomic E-state index is 5.88. The van der Waals surface area contributed by atoms with E-state index in [-0.39, 0.29) is 0 Å². The van der Waals surface area contributed by atoms with E-state index in [0.717, 1.165) is 12.5 Å². The van der Waals surface area contributed by atoms with Crippen molar-refractivity contribution in [3.05, 3.63) is 0 Å². The molecule has 0 spiro atoms. The third-order valence-electron chi connectivity index (χ3n) is 5.68. The van der Waals surface area contributed by atoms with Crippen molar-refractivity contribution >= 4 is 0 Å². The molecule has 18 heavy (non-hydrogen) atoms. The third-order valence-corrected chi connectivity index (χ3v) is 5.68. The number of nitrogens with one attached hydrogen (secondary N) is 1. The molecule has 2 aliphatic carbocycles. The van der Waals surface area contributed by atoms with E-state index in [0.29, 0.717) is 23.6 Å². The molecule has 0 bridgehead atoms. The van der Waals surface area contributed by atoms with Crippen LogP contribution in [0.3, 0.4) is 0 Å². The van der Waals surface area contributed by atoms with Crippen LogP contribution in [-0.2, 0) is 4.74 Å². The standard InChI is InChI=1S/C16H31NO/c1-5-16(4)14(11-15(16)18-6-2)17-12(3)13-9-7-8-10-13/h12-15,17H,5-11H2,1-4H3. The molecule has 2 saturated carbocycles. The van der Waals surface area contributed by atoms with Crippen LogP contribution in [0.15, 0.2) is 0 Å². The molecule has 0 aromatic heterocycles. The average molecular weight is 253 g/mol. The lowest BCUT2D eigenvalue weighted by molar-refractivity contribution is -0.128. The van der Waals surface area contributed by atoms with E-state index in [2.05, 4.69) is 33.0 Å². The van der Waals surface area contributed by atoms with E-state index < -0.39 is 0 Å². The summed E-state index contributed by atoms with van der Waals surface area (Å²) in [5, 5.41) is 3.91. The van der Waals surface area contributed by atoms with Gasteiger partial charge < -0.3 is 10.1 Å². The van der Waals surface area contributed by atoms with Crippen LogP contribution >= 0.6 is 0 Å². The smallest absolute Gasteiger partial charge is 0.0658 e. The minimum atomic E-state index is 0.350. The minimum absolute atomic E-state index is 0.350. The molecule has 2 heteroatoms. The molecule has 2 nitrogen and oxygen atoms in total. The fourth-order valence-corrected chi connectivity index (χ4v) is 3.92. The molecule has 0 amide bonds. The molecular weight excluding hydrogens is 222 g/mol. The number of hydrogen-bond donors (Lipinski definition) is 1. The Morgan fingerprint density at radius 3 is 2.50 bits per heavy atom. The van der Waals surface area contributed by atoms with Gasteiger partial charge in [-0.25, -0.2) is 0 Å². The summed E-state index contributed by atoms with van der Waals surface area (Å²) in [5.74, 6) is 0.914. The van der Waals surface area contributed by atoms with Gasteiger partial charge in [0.05, 0.1) is 6.10 Å². The highest BCUT2D eigenvalue weighted by Gasteiger charge is 2.51. The van der Waals surface area contributed by atoms with Crippen LogP contribution < -0.4 is 5.32 Å². The van der Waals surface area contributed by atoms with Crippen LogP contribution in [0.25, 0.3) is 0 Å². The molecule has 0 aliphatic heterocycles. The van der Waals surface area contributed by atoms with Gasteiger partial charge in [0, 0.05) is 24.1 Å². The molecule has 2 rings (SSSR count). The van der Waals surface area contributed by atoms with Crippen molar-refractivity contribution in [3.8, 4) is 0 Å². The number of rotatable bonds is 6. The van der Waals surface area contributed by atoms with Crippen LogP contribution in [0.5, 0.6) is 0 Å². The summed E-state index contributed by atoms with van der Waals surface area (Å²) >= 11 is 0. The molecule has 0 heterocycles. The fraction of sp³-hybridized carbons (Fsp3) is 1.00. The van der Waals surface area contributed by atoms with Crippen LogP contribution in [-0.4, -0.2) is 24.8 Å². The highest BCUT2D eigenvalue weighted by molar-refractivity contribution is 5.05. The summed E-state index contributed by atoms with van der Waals surface area (Å²) in [6.45, 7) is 10.1. The zero-order chi connectivity index (χ0) is 13.2. The zero-order valence-corrected chi connectivity index (χ0v) is 12.7. The average Bonchev–Trinajstić information content (AvgIpc) is 2.90. The van der Waals surface area contributed by atoms with Crippen LogP contribution in [0, 0.1) is 11.3 Å². The predicted octanol–water partition coefficient (Wildman–Crippen LogP) is 3.75. The van der Waals surface area contributed by atoms with Crippen LogP contribution in [0.2, 0.25) is 0 Å². The van der Waals surface area contributed by atoms with Crippen molar-refractivity contribution in [1.29, 1.82) is 0 Å². The first-order valence-electron chi connectivity index (χ1n) is 7.99. The third kappa shape index (κ3) is 2.60. The van der Waals surface area contributed by atoms with Gasteiger partial charge in [-0.1, -0.05) is 26.7 Å². The summed E-state index contributed by atoms with van der Waals surface area (Å²) in [5.41, 5.74) is 0.350. The molecule has 0 radical (unpaired) electrons. The van der Waals surface area contributed by atoms with Gasteiger partial charge in [0.25, 0.3) is 0 Å². The van der Waals surface area contributed by atoms with E-state index in [1.54, 1.807) is 0 Å². The van der Waals surface area contributed by atoms with Crippen molar-refractivity contribution in [3.63, 3.8) is 0 Å². The van der Waals surface area contributed by atoms with E-state index in [9.17, 15) is 0 Å². The summed E-state index contributed by atoms with van der Waals surface area (Å²) in [6, 6.07) is 1.35. The molecule has 4 unspecified atom stereocenters. The Morgan fingerprint density at radius 1 is 1.28 bits per heavy atom. The van der Waals surface area contributed by atoms with Gasteiger partial charge in [-0.05, 0) is 45.4 Å². The Hall–Kier alpha value is -0.0800. The van der Waals surface area contributed by atoms with Crippen LogP contribution in [0.1, 0.15) is 66.2 Å². The molecule has 4 atom stereocenters. The minimum Gasteiger partial charge on any atom is -0.378 e. The summed E-state index contributed by atoms with van der Waals surface area (Å²) < 4.78 is 5.88. The lowest BCUT2D eigenvalue weighted by atomic mass is 9.61. The molecule has 2 fully saturated rings. The highest BCUT2D eigenvalue weighted by Crippen LogP contribution is 2.46. The zero-order valence-electron chi connectivity index (χ0n) is 12.7. The SMILES string of the molecule is CCOC1CC(NC(C)C2CCCC2)C1(C)CC. The second-order valence-electron chi connectivity index (χ2n) is 6.59. The van der Waals surface area contributed by atoms with E-state index in [1.165, 1.54) is 38.5 Å². The van der Waals surface area contributed by atoms with Gasteiger partial charge in [0.1, 0.15) is 0 Å². The van der Waals surface area contributed by atoms with Crippen molar-refractivity contribution in [2.75, 3.05) is 6.61 Å².